The van der Waals surface area contributed by atoms with Crippen molar-refractivity contribution in [3.8, 4) is 5.75 Å². The summed E-state index contributed by atoms with van der Waals surface area (Å²) in [5.74, 6) is 0.889. The van der Waals surface area contributed by atoms with Gasteiger partial charge in [0.1, 0.15) is 5.75 Å². The summed E-state index contributed by atoms with van der Waals surface area (Å²) in [5, 5.41) is 8.32. The number of aromatic nitrogens is 2. The fourth-order valence-corrected chi connectivity index (χ4v) is 9.05. The Morgan fingerprint density at radius 1 is 0.943 bits per heavy atom. The van der Waals surface area contributed by atoms with E-state index in [-0.39, 0.29) is 41.8 Å². The van der Waals surface area contributed by atoms with E-state index >= 15 is 0 Å². The van der Waals surface area contributed by atoms with Crippen LogP contribution in [-0.2, 0) is 25.9 Å². The molecule has 0 bridgehead atoms. The first kappa shape index (κ1) is 37.9. The quantitative estimate of drug-likeness (QED) is 0.189. The molecule has 0 spiro atoms. The molecule has 3 aliphatic heterocycles. The standard InChI is InChI=1S/C42H60BN5O5/c1-28-33(43-52-41(4,5)42(6,7)53-43)14-10-16-35(28)51-30-19-17-29(18-20-30)12-11-23-40(2,3)48-26-24-47(25-27-48)34-15-9-13-31-37(45-46(8)38(31)34)32-21-22-36(49)44-39(32)50/h9-10,13-16,29-30,32H,11-12,17-27H2,1-8H3,(H,44,49,50). The van der Waals surface area contributed by atoms with Crippen molar-refractivity contribution < 1.29 is 23.6 Å². The number of piperazine rings is 1. The van der Waals surface area contributed by atoms with E-state index in [1.807, 2.05) is 11.7 Å². The zero-order chi connectivity index (χ0) is 37.7. The van der Waals surface area contributed by atoms with Crippen LogP contribution in [0.25, 0.3) is 10.9 Å². The lowest BCUT2D eigenvalue weighted by molar-refractivity contribution is -0.134. The summed E-state index contributed by atoms with van der Waals surface area (Å²) in [5.41, 5.74) is 4.58. The van der Waals surface area contributed by atoms with Crippen molar-refractivity contribution in [1.82, 2.24) is 20.0 Å². The van der Waals surface area contributed by atoms with Gasteiger partial charge in [0.25, 0.3) is 0 Å². The number of carbonyl (C=O) groups is 2. The molecule has 1 N–H and O–H groups in total. The van der Waals surface area contributed by atoms with Gasteiger partial charge in [0.2, 0.25) is 11.8 Å². The Balaban J connectivity index is 0.875. The van der Waals surface area contributed by atoms with Crippen molar-refractivity contribution in [3.05, 3.63) is 47.7 Å². The molecule has 1 aromatic heterocycles. The summed E-state index contributed by atoms with van der Waals surface area (Å²) in [7, 11) is 1.58. The smallest absolute Gasteiger partial charge is 0.490 e. The maximum atomic E-state index is 12.7. The van der Waals surface area contributed by atoms with Gasteiger partial charge in [-0.1, -0.05) is 37.1 Å². The van der Waals surface area contributed by atoms with E-state index in [9.17, 15) is 9.59 Å². The Morgan fingerprint density at radius 3 is 2.30 bits per heavy atom. The number of rotatable bonds is 10. The van der Waals surface area contributed by atoms with Gasteiger partial charge in [-0.05, 0) is 116 Å². The van der Waals surface area contributed by atoms with Gasteiger partial charge in [-0.15, -0.1) is 0 Å². The first-order valence-corrected chi connectivity index (χ1v) is 20.0. The molecule has 0 radical (unpaired) electrons. The number of nitrogens with one attached hydrogen (secondary N) is 1. The van der Waals surface area contributed by atoms with E-state index < -0.39 is 5.92 Å². The largest absolute Gasteiger partial charge is 0.495 e. The summed E-state index contributed by atoms with van der Waals surface area (Å²) in [6.45, 7) is 19.3. The fourth-order valence-electron chi connectivity index (χ4n) is 9.05. The van der Waals surface area contributed by atoms with Crippen LogP contribution in [0.3, 0.4) is 0 Å². The third-order valence-corrected chi connectivity index (χ3v) is 13.2. The van der Waals surface area contributed by atoms with Crippen LogP contribution in [0.5, 0.6) is 5.75 Å². The maximum Gasteiger partial charge on any atom is 0.495 e. The van der Waals surface area contributed by atoms with E-state index in [2.05, 4.69) is 100.0 Å². The monoisotopic (exact) mass is 725 g/mol. The zero-order valence-corrected chi connectivity index (χ0v) is 33.3. The highest BCUT2D eigenvalue weighted by atomic mass is 16.7. The summed E-state index contributed by atoms with van der Waals surface area (Å²) in [4.78, 5) is 29.6. The van der Waals surface area contributed by atoms with Gasteiger partial charge in [0, 0.05) is 50.6 Å². The Hall–Kier alpha value is -3.41. The van der Waals surface area contributed by atoms with E-state index in [4.69, 9.17) is 19.1 Å². The third-order valence-electron chi connectivity index (χ3n) is 13.2. The molecule has 4 heterocycles. The van der Waals surface area contributed by atoms with Crippen LogP contribution < -0.4 is 20.4 Å². The molecule has 11 heteroatoms. The number of aryl methyl sites for hydroxylation is 1. The second-order valence-electron chi connectivity index (χ2n) is 17.7. The highest BCUT2D eigenvalue weighted by molar-refractivity contribution is 6.62. The van der Waals surface area contributed by atoms with Gasteiger partial charge in [-0.2, -0.15) is 5.10 Å². The number of nitrogens with zero attached hydrogens (tertiary/aromatic N) is 4. The molecule has 2 aromatic carbocycles. The lowest BCUT2D eigenvalue weighted by atomic mass is 9.76. The predicted octanol–water partition coefficient (Wildman–Crippen LogP) is 6.41. The summed E-state index contributed by atoms with van der Waals surface area (Å²) < 4.78 is 21.3. The Kier molecular flexibility index (Phi) is 10.5. The van der Waals surface area contributed by atoms with Gasteiger partial charge in [0.15, 0.2) is 0 Å². The number of carbonyl (C=O) groups excluding carboxylic acids is 2. The molecule has 1 unspecified atom stereocenters. The van der Waals surface area contributed by atoms with Crippen molar-refractivity contribution in [2.24, 2.45) is 13.0 Å². The summed E-state index contributed by atoms with van der Waals surface area (Å²) in [6.07, 6.45) is 9.50. The molecule has 286 valence electrons. The van der Waals surface area contributed by atoms with Crippen molar-refractivity contribution in [1.29, 1.82) is 0 Å². The minimum atomic E-state index is -0.395. The number of hydrogen-bond donors (Lipinski definition) is 1. The van der Waals surface area contributed by atoms with Crippen LogP contribution in [0.15, 0.2) is 36.4 Å². The van der Waals surface area contributed by atoms with Crippen LogP contribution in [0.4, 0.5) is 5.69 Å². The third kappa shape index (κ3) is 7.63. The molecule has 1 saturated carbocycles. The number of para-hydroxylation sites is 1. The minimum absolute atomic E-state index is 0.142. The van der Waals surface area contributed by atoms with Crippen molar-refractivity contribution in [3.63, 3.8) is 0 Å². The number of benzene rings is 2. The van der Waals surface area contributed by atoms with Crippen molar-refractivity contribution >= 4 is 41.0 Å². The second kappa shape index (κ2) is 14.7. The second-order valence-corrected chi connectivity index (χ2v) is 17.7. The molecule has 53 heavy (non-hydrogen) atoms. The molecule has 7 rings (SSSR count). The van der Waals surface area contributed by atoms with E-state index in [1.165, 1.54) is 37.8 Å². The molecule has 4 aliphatic rings. The van der Waals surface area contributed by atoms with E-state index in [1.54, 1.807) is 0 Å². The maximum absolute atomic E-state index is 12.7. The number of piperidine rings is 1. The highest BCUT2D eigenvalue weighted by Crippen LogP contribution is 2.39. The number of fused-ring (bicyclic) bond motifs is 1. The lowest BCUT2D eigenvalue weighted by Crippen LogP contribution is -2.54. The van der Waals surface area contributed by atoms with Gasteiger partial charge in [-0.3, -0.25) is 24.5 Å². The van der Waals surface area contributed by atoms with Crippen LogP contribution in [-0.4, -0.2) is 82.6 Å². The fraction of sp³-hybridized carbons (Fsp3) is 0.643. The number of hydrogen-bond acceptors (Lipinski definition) is 8. The molecule has 1 aliphatic carbocycles. The number of imide groups is 1. The topological polar surface area (TPSA) is 98.2 Å². The first-order chi connectivity index (χ1) is 25.1. The molecular weight excluding hydrogens is 665 g/mol. The van der Waals surface area contributed by atoms with Gasteiger partial charge < -0.3 is 18.9 Å². The van der Waals surface area contributed by atoms with Crippen LogP contribution in [0, 0.1) is 12.8 Å². The van der Waals surface area contributed by atoms with Crippen LogP contribution in [0.1, 0.15) is 117 Å². The molecule has 10 nitrogen and oxygen atoms in total. The number of amides is 2. The average molecular weight is 726 g/mol. The first-order valence-electron chi connectivity index (χ1n) is 20.0. The summed E-state index contributed by atoms with van der Waals surface area (Å²) >= 11 is 0. The lowest BCUT2D eigenvalue weighted by Gasteiger charge is -2.45. The number of anilines is 1. The van der Waals surface area contributed by atoms with E-state index in [0.717, 1.165) is 78.3 Å². The molecule has 3 saturated heterocycles. The Bertz CT molecular complexity index is 1810. The van der Waals surface area contributed by atoms with Gasteiger partial charge in [0.05, 0.1) is 40.1 Å². The molecule has 2 amide bonds. The molecule has 3 aromatic rings. The normalized spacial score (nSPS) is 25.2. The summed E-state index contributed by atoms with van der Waals surface area (Å²) in [6, 6.07) is 12.6. The molecule has 1 atom stereocenters. The average Bonchev–Trinajstić information content (AvgIpc) is 3.56. The minimum Gasteiger partial charge on any atom is -0.490 e. The Morgan fingerprint density at radius 2 is 1.62 bits per heavy atom. The SMILES string of the molecule is Cc1c(OC2CCC(CCCC(C)(C)N3CCN(c4cccc5c(C6CCC(=O)NC6=O)nn(C)c45)CC3)CC2)cccc1B1OC(C)(C)C(C)(C)O1. The van der Waals surface area contributed by atoms with Crippen LogP contribution >= 0.6 is 0 Å². The zero-order valence-electron chi connectivity index (χ0n) is 33.3. The predicted molar refractivity (Wildman–Crippen MR) is 211 cm³/mol. The highest BCUT2D eigenvalue weighted by Gasteiger charge is 2.52. The van der Waals surface area contributed by atoms with Crippen molar-refractivity contribution in [2.45, 2.75) is 135 Å². The number of ether oxygens (including phenoxy) is 1. The van der Waals surface area contributed by atoms with Gasteiger partial charge in [-0.25, -0.2) is 0 Å². The molecular formula is C42H60BN5O5. The van der Waals surface area contributed by atoms with E-state index in [0.29, 0.717) is 12.8 Å². The van der Waals surface area contributed by atoms with Gasteiger partial charge >= 0.3 is 7.12 Å². The molecule has 4 fully saturated rings. The Labute approximate surface area is 316 Å². The van der Waals surface area contributed by atoms with Crippen molar-refractivity contribution in [2.75, 3.05) is 31.1 Å². The van der Waals surface area contributed by atoms with Crippen LogP contribution in [0.2, 0.25) is 0 Å².